The highest BCUT2D eigenvalue weighted by Crippen LogP contribution is 2.41. The fourth-order valence-corrected chi connectivity index (χ4v) is 6.69. The highest BCUT2D eigenvalue weighted by molar-refractivity contribution is 7.89. The minimum Gasteiger partial charge on any atom is -0.296 e. The van der Waals surface area contributed by atoms with E-state index >= 15 is 0 Å². The predicted octanol–water partition coefficient (Wildman–Crippen LogP) is 4.71. The molecule has 7 heteroatoms. The van der Waals surface area contributed by atoms with Crippen LogP contribution >= 0.6 is 24.0 Å². The van der Waals surface area contributed by atoms with E-state index in [2.05, 4.69) is 23.1 Å². The van der Waals surface area contributed by atoms with Crippen molar-refractivity contribution in [3.8, 4) is 0 Å². The fourth-order valence-electron chi connectivity index (χ4n) is 4.71. The van der Waals surface area contributed by atoms with Crippen LogP contribution in [-0.4, -0.2) is 43.8 Å². The Balaban J connectivity index is 0.00000240. The first-order valence-corrected chi connectivity index (χ1v) is 11.9. The molecule has 1 unspecified atom stereocenters. The first-order valence-electron chi connectivity index (χ1n) is 10.1. The van der Waals surface area contributed by atoms with Crippen LogP contribution in [0.3, 0.4) is 0 Å². The molecule has 4 rings (SSSR count). The van der Waals surface area contributed by atoms with Crippen LogP contribution in [-0.2, 0) is 22.9 Å². The lowest BCUT2D eigenvalue weighted by atomic mass is 9.93. The van der Waals surface area contributed by atoms with Crippen LogP contribution in [0.2, 0.25) is 5.02 Å². The summed E-state index contributed by atoms with van der Waals surface area (Å²) < 4.78 is 27.5. The maximum atomic E-state index is 13.0. The normalized spacial score (nSPS) is 18.5. The van der Waals surface area contributed by atoms with Crippen molar-refractivity contribution in [3.05, 3.63) is 64.2 Å². The van der Waals surface area contributed by atoms with Gasteiger partial charge in [-0.1, -0.05) is 48.9 Å². The van der Waals surface area contributed by atoms with Crippen LogP contribution in [0.25, 0.3) is 0 Å². The van der Waals surface area contributed by atoms with Gasteiger partial charge < -0.3 is 0 Å². The molecule has 0 spiro atoms. The minimum atomic E-state index is -3.56. The van der Waals surface area contributed by atoms with Gasteiger partial charge in [0, 0.05) is 32.2 Å². The topological polar surface area (TPSA) is 40.6 Å². The number of hydrogen-bond acceptors (Lipinski definition) is 3. The Hall–Kier alpha value is -1.11. The summed E-state index contributed by atoms with van der Waals surface area (Å²) in [5.41, 5.74) is 4.56. The van der Waals surface area contributed by atoms with E-state index in [9.17, 15) is 8.42 Å². The molecule has 0 saturated carbocycles. The van der Waals surface area contributed by atoms with Crippen molar-refractivity contribution in [2.45, 2.75) is 43.5 Å². The van der Waals surface area contributed by atoms with E-state index < -0.39 is 10.0 Å². The molecule has 1 heterocycles. The van der Waals surface area contributed by atoms with Gasteiger partial charge in [-0.3, -0.25) is 4.90 Å². The predicted molar refractivity (Wildman–Crippen MR) is 121 cm³/mol. The average molecular weight is 455 g/mol. The van der Waals surface area contributed by atoms with Crippen molar-refractivity contribution in [3.63, 3.8) is 0 Å². The van der Waals surface area contributed by atoms with Crippen molar-refractivity contribution in [2.24, 2.45) is 0 Å². The lowest BCUT2D eigenvalue weighted by molar-refractivity contribution is 0.179. The Morgan fingerprint density at radius 2 is 1.83 bits per heavy atom. The van der Waals surface area contributed by atoms with Crippen molar-refractivity contribution in [2.75, 3.05) is 26.2 Å². The second-order valence-corrected chi connectivity index (χ2v) is 9.92. The van der Waals surface area contributed by atoms with Gasteiger partial charge in [-0.25, -0.2) is 8.42 Å². The van der Waals surface area contributed by atoms with Crippen LogP contribution in [0.15, 0.2) is 47.4 Å². The third-order valence-corrected chi connectivity index (χ3v) is 8.55. The van der Waals surface area contributed by atoms with Gasteiger partial charge in [0.25, 0.3) is 0 Å². The second-order valence-electron chi connectivity index (χ2n) is 7.61. The minimum absolute atomic E-state index is 0. The van der Waals surface area contributed by atoms with E-state index in [-0.39, 0.29) is 22.3 Å². The third-order valence-electron chi connectivity index (χ3n) is 6.08. The molecule has 1 aliphatic heterocycles. The second kappa shape index (κ2) is 9.36. The van der Waals surface area contributed by atoms with Crippen LogP contribution in [0.4, 0.5) is 0 Å². The Bertz CT molecular complexity index is 965. The lowest BCUT2D eigenvalue weighted by Crippen LogP contribution is -2.38. The average Bonchev–Trinajstić information content (AvgIpc) is 3.13. The van der Waals surface area contributed by atoms with Crippen molar-refractivity contribution >= 4 is 34.0 Å². The zero-order valence-electron chi connectivity index (χ0n) is 16.7. The molecule has 158 valence electrons. The molecule has 0 amide bonds. The number of sulfonamides is 1. The van der Waals surface area contributed by atoms with Gasteiger partial charge in [-0.2, -0.15) is 4.31 Å². The maximum absolute atomic E-state index is 13.0. The molecule has 2 aromatic carbocycles. The smallest absolute Gasteiger partial charge is 0.244 e. The Morgan fingerprint density at radius 1 is 1.10 bits per heavy atom. The summed E-state index contributed by atoms with van der Waals surface area (Å²) in [6.45, 7) is 4.83. The molecular weight excluding hydrogens is 427 g/mol. The standard InChI is InChI=1S/C22H27ClN2O2S.ClH/c1-2-25(28(26,27)21-10-4-3-9-19(21)23)15-6-14-24-16-13-18-8-5-7-17-11-12-20(24)22(17)18;/h3-5,7-10,20H,2,6,11-16H2,1H3;1H. The van der Waals surface area contributed by atoms with Crippen molar-refractivity contribution in [1.29, 1.82) is 0 Å². The summed E-state index contributed by atoms with van der Waals surface area (Å²) in [5, 5.41) is 0.284. The molecule has 0 saturated heterocycles. The Labute approximate surface area is 185 Å². The van der Waals surface area contributed by atoms with Crippen LogP contribution in [0.1, 0.15) is 42.5 Å². The summed E-state index contributed by atoms with van der Waals surface area (Å²) in [5.74, 6) is 0. The number of benzene rings is 2. The first kappa shape index (κ1) is 22.6. The number of hydrogen-bond donors (Lipinski definition) is 0. The van der Waals surface area contributed by atoms with Gasteiger partial charge in [0.05, 0.1) is 5.02 Å². The number of halogens is 2. The van der Waals surface area contributed by atoms with Crippen molar-refractivity contribution < 1.29 is 8.42 Å². The molecule has 1 atom stereocenters. The quantitative estimate of drug-likeness (QED) is 0.607. The van der Waals surface area contributed by atoms with E-state index in [1.165, 1.54) is 17.5 Å². The molecule has 0 radical (unpaired) electrons. The molecule has 0 N–H and O–H groups in total. The van der Waals surface area contributed by atoms with Gasteiger partial charge in [0.15, 0.2) is 0 Å². The Morgan fingerprint density at radius 3 is 2.55 bits per heavy atom. The molecule has 29 heavy (non-hydrogen) atoms. The summed E-state index contributed by atoms with van der Waals surface area (Å²) in [7, 11) is -3.56. The van der Waals surface area contributed by atoms with Gasteiger partial charge in [0.2, 0.25) is 10.0 Å². The van der Waals surface area contributed by atoms with E-state index in [0.717, 1.165) is 32.4 Å². The molecule has 0 aromatic heterocycles. The van der Waals surface area contributed by atoms with Gasteiger partial charge in [0.1, 0.15) is 4.90 Å². The van der Waals surface area contributed by atoms with Crippen LogP contribution in [0.5, 0.6) is 0 Å². The summed E-state index contributed by atoms with van der Waals surface area (Å²) >= 11 is 6.14. The van der Waals surface area contributed by atoms with E-state index in [4.69, 9.17) is 11.6 Å². The zero-order chi connectivity index (χ0) is 19.7. The third kappa shape index (κ3) is 4.35. The lowest BCUT2D eigenvalue weighted by Gasteiger charge is -2.35. The SMILES string of the molecule is CCN(CCCN1CCc2cccc3c2C1CC3)S(=O)(=O)c1ccccc1Cl.Cl. The summed E-state index contributed by atoms with van der Waals surface area (Å²) in [4.78, 5) is 2.75. The zero-order valence-corrected chi connectivity index (χ0v) is 19.1. The first-order chi connectivity index (χ1) is 13.5. The van der Waals surface area contributed by atoms with Gasteiger partial charge >= 0.3 is 0 Å². The molecule has 0 fully saturated rings. The highest BCUT2D eigenvalue weighted by atomic mass is 35.5. The molecule has 4 nitrogen and oxygen atoms in total. The van der Waals surface area contributed by atoms with Gasteiger partial charge in [-0.15, -0.1) is 12.4 Å². The molecule has 2 aliphatic rings. The summed E-state index contributed by atoms with van der Waals surface area (Å²) in [6.07, 6.45) is 4.26. The maximum Gasteiger partial charge on any atom is 0.244 e. The number of rotatable bonds is 7. The van der Waals surface area contributed by atoms with E-state index in [0.29, 0.717) is 19.1 Å². The summed E-state index contributed by atoms with van der Waals surface area (Å²) in [6, 6.07) is 13.9. The van der Waals surface area contributed by atoms with E-state index in [1.54, 1.807) is 34.1 Å². The number of aryl methyl sites for hydroxylation is 1. The molecule has 2 aromatic rings. The fraction of sp³-hybridized carbons (Fsp3) is 0.455. The van der Waals surface area contributed by atoms with Crippen LogP contribution in [0, 0.1) is 0 Å². The Kier molecular flexibility index (Phi) is 7.28. The number of nitrogens with zero attached hydrogens (tertiary/aromatic N) is 2. The van der Waals surface area contributed by atoms with Gasteiger partial charge in [-0.05, 0) is 54.5 Å². The molecular formula is C22H28Cl2N2O2S. The highest BCUT2D eigenvalue weighted by Gasteiger charge is 2.33. The monoisotopic (exact) mass is 454 g/mol. The molecule has 0 bridgehead atoms. The van der Waals surface area contributed by atoms with E-state index in [1.807, 2.05) is 6.92 Å². The van der Waals surface area contributed by atoms with Crippen molar-refractivity contribution in [1.82, 2.24) is 9.21 Å². The molecule has 1 aliphatic carbocycles. The largest absolute Gasteiger partial charge is 0.296 e. The van der Waals surface area contributed by atoms with Crippen LogP contribution < -0.4 is 0 Å².